The number of hydrogen-bond donors (Lipinski definition) is 2. The molecule has 0 aromatic carbocycles. The van der Waals surface area contributed by atoms with Crippen molar-refractivity contribution < 1.29 is 22.8 Å². The minimum absolute atomic E-state index is 0.0630. The maximum atomic E-state index is 11.4. The van der Waals surface area contributed by atoms with Crippen molar-refractivity contribution in [1.29, 1.82) is 0 Å². The first kappa shape index (κ1) is 12.7. The Morgan fingerprint density at radius 3 is 2.88 bits per heavy atom. The molecular weight excluding hydrogens is 236 g/mol. The molecule has 7 nitrogen and oxygen atoms in total. The van der Waals surface area contributed by atoms with Gasteiger partial charge in [-0.1, -0.05) is 5.16 Å². The minimum Gasteiger partial charge on any atom is -0.481 e. The predicted octanol–water partition coefficient (Wildman–Crippen LogP) is -0.0412. The van der Waals surface area contributed by atoms with Crippen molar-refractivity contribution >= 4 is 16.0 Å². The average molecular weight is 248 g/mol. The van der Waals surface area contributed by atoms with E-state index in [0.29, 0.717) is 5.69 Å². The SMILES string of the molecule is O=C(O)CCCNS(=O)(=O)Cc1ccon1. The number of rotatable bonds is 7. The Kier molecular flexibility index (Phi) is 4.44. The molecular formula is C8H12N2O5S. The fraction of sp³-hybridized carbons (Fsp3) is 0.500. The van der Waals surface area contributed by atoms with Crippen LogP contribution in [0, 0.1) is 0 Å². The van der Waals surface area contributed by atoms with Gasteiger partial charge in [0, 0.05) is 19.0 Å². The van der Waals surface area contributed by atoms with Gasteiger partial charge in [0.15, 0.2) is 0 Å². The van der Waals surface area contributed by atoms with Gasteiger partial charge in [-0.3, -0.25) is 4.79 Å². The third-order valence-corrected chi connectivity index (χ3v) is 3.04. The quantitative estimate of drug-likeness (QED) is 0.655. The summed E-state index contributed by atoms with van der Waals surface area (Å²) in [5, 5.41) is 11.8. The molecule has 1 aromatic rings. The van der Waals surface area contributed by atoms with E-state index in [1.807, 2.05) is 0 Å². The molecule has 0 bridgehead atoms. The second-order valence-corrected chi connectivity index (χ2v) is 4.95. The smallest absolute Gasteiger partial charge is 0.303 e. The van der Waals surface area contributed by atoms with Crippen molar-refractivity contribution in [1.82, 2.24) is 9.88 Å². The summed E-state index contributed by atoms with van der Waals surface area (Å²) in [6, 6.07) is 1.45. The number of carboxylic acid groups (broad SMARTS) is 1. The summed E-state index contributed by atoms with van der Waals surface area (Å²) in [7, 11) is -3.47. The van der Waals surface area contributed by atoms with Crippen molar-refractivity contribution in [3.05, 3.63) is 18.0 Å². The van der Waals surface area contributed by atoms with Gasteiger partial charge in [-0.2, -0.15) is 0 Å². The molecule has 0 amide bonds. The van der Waals surface area contributed by atoms with E-state index in [9.17, 15) is 13.2 Å². The van der Waals surface area contributed by atoms with E-state index in [1.165, 1.54) is 12.3 Å². The van der Waals surface area contributed by atoms with E-state index in [0.717, 1.165) is 0 Å². The second-order valence-electron chi connectivity index (χ2n) is 3.14. The molecule has 1 rings (SSSR count). The molecule has 0 saturated heterocycles. The van der Waals surface area contributed by atoms with Gasteiger partial charge < -0.3 is 9.63 Å². The topological polar surface area (TPSA) is 110 Å². The highest BCUT2D eigenvalue weighted by atomic mass is 32.2. The summed E-state index contributed by atoms with van der Waals surface area (Å²) in [5.41, 5.74) is 0.311. The van der Waals surface area contributed by atoms with Crippen LogP contribution in [-0.2, 0) is 20.6 Å². The lowest BCUT2D eigenvalue weighted by Crippen LogP contribution is -2.26. The number of aliphatic carboxylic acids is 1. The molecule has 90 valence electrons. The van der Waals surface area contributed by atoms with Crippen LogP contribution in [0.2, 0.25) is 0 Å². The molecule has 0 unspecified atom stereocenters. The highest BCUT2D eigenvalue weighted by molar-refractivity contribution is 7.88. The van der Waals surface area contributed by atoms with Crippen LogP contribution in [0.1, 0.15) is 18.5 Å². The van der Waals surface area contributed by atoms with Crippen molar-refractivity contribution in [3.63, 3.8) is 0 Å². The lowest BCUT2D eigenvalue weighted by atomic mass is 10.3. The third kappa shape index (κ3) is 4.89. The van der Waals surface area contributed by atoms with Gasteiger partial charge in [-0.25, -0.2) is 13.1 Å². The molecule has 16 heavy (non-hydrogen) atoms. The fourth-order valence-corrected chi connectivity index (χ4v) is 2.12. The Morgan fingerprint density at radius 2 is 2.31 bits per heavy atom. The molecule has 0 spiro atoms. The number of nitrogens with zero attached hydrogens (tertiary/aromatic N) is 1. The summed E-state index contributed by atoms with van der Waals surface area (Å²) in [6.45, 7) is 0.104. The van der Waals surface area contributed by atoms with Crippen LogP contribution < -0.4 is 4.72 Å². The van der Waals surface area contributed by atoms with E-state index in [-0.39, 0.29) is 25.1 Å². The molecule has 8 heteroatoms. The van der Waals surface area contributed by atoms with E-state index >= 15 is 0 Å². The van der Waals surface area contributed by atoms with Crippen LogP contribution >= 0.6 is 0 Å². The van der Waals surface area contributed by atoms with E-state index in [4.69, 9.17) is 5.11 Å². The summed E-state index contributed by atoms with van der Waals surface area (Å²) in [5.74, 6) is -1.22. The van der Waals surface area contributed by atoms with Gasteiger partial charge in [0.2, 0.25) is 10.0 Å². The average Bonchev–Trinajstić information content (AvgIpc) is 2.64. The Hall–Kier alpha value is -1.41. The fourth-order valence-electron chi connectivity index (χ4n) is 1.02. The normalized spacial score (nSPS) is 11.5. The van der Waals surface area contributed by atoms with Gasteiger partial charge >= 0.3 is 5.97 Å². The van der Waals surface area contributed by atoms with E-state index in [1.54, 1.807) is 0 Å². The minimum atomic E-state index is -3.47. The largest absolute Gasteiger partial charge is 0.481 e. The molecule has 0 atom stereocenters. The van der Waals surface area contributed by atoms with Crippen molar-refractivity contribution in [3.8, 4) is 0 Å². The van der Waals surface area contributed by atoms with Crippen LogP contribution in [0.5, 0.6) is 0 Å². The van der Waals surface area contributed by atoms with Crippen LogP contribution in [0.3, 0.4) is 0 Å². The summed E-state index contributed by atoms with van der Waals surface area (Å²) < 4.78 is 29.6. The molecule has 0 aliphatic carbocycles. The molecule has 0 aliphatic rings. The lowest BCUT2D eigenvalue weighted by Gasteiger charge is -2.03. The Balaban J connectivity index is 2.32. The van der Waals surface area contributed by atoms with Crippen LogP contribution in [0.25, 0.3) is 0 Å². The first-order valence-electron chi connectivity index (χ1n) is 4.58. The molecule has 0 radical (unpaired) electrons. The Morgan fingerprint density at radius 1 is 1.56 bits per heavy atom. The van der Waals surface area contributed by atoms with Gasteiger partial charge in [0.05, 0.1) is 5.69 Å². The van der Waals surface area contributed by atoms with Crippen LogP contribution in [0.15, 0.2) is 16.9 Å². The lowest BCUT2D eigenvalue weighted by molar-refractivity contribution is -0.137. The van der Waals surface area contributed by atoms with Gasteiger partial charge in [0.25, 0.3) is 0 Å². The highest BCUT2D eigenvalue weighted by Crippen LogP contribution is 2.01. The zero-order chi connectivity index (χ0) is 12.0. The monoisotopic (exact) mass is 248 g/mol. The Bertz CT molecular complexity index is 425. The first-order valence-corrected chi connectivity index (χ1v) is 6.23. The van der Waals surface area contributed by atoms with Crippen LogP contribution in [-0.4, -0.2) is 31.2 Å². The maximum Gasteiger partial charge on any atom is 0.303 e. The summed E-state index contributed by atoms with van der Waals surface area (Å²) in [4.78, 5) is 10.2. The number of hydrogen-bond acceptors (Lipinski definition) is 5. The molecule has 0 saturated carbocycles. The standard InChI is InChI=1S/C8H12N2O5S/c11-8(12)2-1-4-9-16(13,14)6-7-3-5-15-10-7/h3,5,9H,1-2,4,6H2,(H,11,12). The molecule has 2 N–H and O–H groups in total. The zero-order valence-electron chi connectivity index (χ0n) is 8.42. The summed E-state index contributed by atoms with van der Waals surface area (Å²) in [6.07, 6.45) is 1.48. The molecule has 1 heterocycles. The number of aromatic nitrogens is 1. The molecule has 0 fully saturated rings. The second kappa shape index (κ2) is 5.61. The first-order chi connectivity index (χ1) is 7.49. The third-order valence-electron chi connectivity index (χ3n) is 1.72. The molecule has 0 aliphatic heterocycles. The van der Waals surface area contributed by atoms with Gasteiger partial charge in [0.1, 0.15) is 12.0 Å². The van der Waals surface area contributed by atoms with Crippen LogP contribution in [0.4, 0.5) is 0 Å². The van der Waals surface area contributed by atoms with E-state index < -0.39 is 16.0 Å². The van der Waals surface area contributed by atoms with Crippen molar-refractivity contribution in [2.75, 3.05) is 6.54 Å². The number of carbonyl (C=O) groups is 1. The number of carboxylic acids is 1. The number of nitrogens with one attached hydrogen (secondary N) is 1. The molecule has 1 aromatic heterocycles. The zero-order valence-corrected chi connectivity index (χ0v) is 9.24. The predicted molar refractivity (Wildman–Crippen MR) is 54.0 cm³/mol. The van der Waals surface area contributed by atoms with Gasteiger partial charge in [-0.05, 0) is 6.42 Å². The van der Waals surface area contributed by atoms with Crippen molar-refractivity contribution in [2.45, 2.75) is 18.6 Å². The van der Waals surface area contributed by atoms with Crippen molar-refractivity contribution in [2.24, 2.45) is 0 Å². The summed E-state index contributed by atoms with van der Waals surface area (Å²) >= 11 is 0. The number of sulfonamides is 1. The maximum absolute atomic E-state index is 11.4. The van der Waals surface area contributed by atoms with Gasteiger partial charge in [-0.15, -0.1) is 0 Å². The highest BCUT2D eigenvalue weighted by Gasteiger charge is 2.12. The Labute approximate surface area is 92.5 Å². The van der Waals surface area contributed by atoms with E-state index in [2.05, 4.69) is 14.4 Å².